The van der Waals surface area contributed by atoms with Gasteiger partial charge in [-0.3, -0.25) is 14.4 Å². The van der Waals surface area contributed by atoms with Gasteiger partial charge in [-0.05, 0) is 44.9 Å². The molecule has 0 fully saturated rings. The molecule has 0 aromatic carbocycles. The van der Waals surface area contributed by atoms with Gasteiger partial charge < -0.3 is 14.2 Å². The van der Waals surface area contributed by atoms with Gasteiger partial charge in [-0.25, -0.2) is 0 Å². The summed E-state index contributed by atoms with van der Waals surface area (Å²) in [4.78, 5) is 38.4. The Kier molecular flexibility index (Phi) is 63.1. The maximum absolute atomic E-state index is 12.9. The van der Waals surface area contributed by atoms with Crippen molar-refractivity contribution in [1.29, 1.82) is 0 Å². The highest BCUT2D eigenvalue weighted by Crippen LogP contribution is 2.19. The van der Waals surface area contributed by atoms with E-state index in [0.29, 0.717) is 19.3 Å². The fourth-order valence-electron chi connectivity index (χ4n) is 10.6. The van der Waals surface area contributed by atoms with Gasteiger partial charge >= 0.3 is 17.9 Å². The third-order valence-corrected chi connectivity index (χ3v) is 15.8. The number of carbonyl (C=O) groups is 3. The monoisotopic (exact) mass is 1060 g/mol. The van der Waals surface area contributed by atoms with Crippen molar-refractivity contribution in [1.82, 2.24) is 0 Å². The number of hydrogen-bond donors (Lipinski definition) is 0. The lowest BCUT2D eigenvalue weighted by molar-refractivity contribution is -0.167. The Morgan fingerprint density at radius 3 is 0.667 bits per heavy atom. The van der Waals surface area contributed by atoms with Crippen molar-refractivity contribution in [3.05, 3.63) is 12.2 Å². The zero-order chi connectivity index (χ0) is 54.3. The Bertz CT molecular complexity index is 1170. The first-order chi connectivity index (χ1) is 37.0. The zero-order valence-corrected chi connectivity index (χ0v) is 51.1. The van der Waals surface area contributed by atoms with Crippen molar-refractivity contribution in [2.75, 3.05) is 13.2 Å². The molecule has 0 saturated carbocycles. The first-order valence-corrected chi connectivity index (χ1v) is 34.2. The average molecular weight is 1060 g/mol. The van der Waals surface area contributed by atoms with Gasteiger partial charge in [0.05, 0.1) is 0 Å². The van der Waals surface area contributed by atoms with Gasteiger partial charge in [-0.1, -0.05) is 341 Å². The minimum atomic E-state index is -0.767. The summed E-state index contributed by atoms with van der Waals surface area (Å²) in [6.07, 6.45) is 76.5. The van der Waals surface area contributed by atoms with Crippen molar-refractivity contribution >= 4 is 17.9 Å². The molecule has 1 unspecified atom stereocenters. The second kappa shape index (κ2) is 64.7. The van der Waals surface area contributed by atoms with E-state index >= 15 is 0 Å². The molecule has 0 rings (SSSR count). The molecule has 0 aliphatic rings. The number of rotatable bonds is 64. The van der Waals surface area contributed by atoms with Crippen molar-refractivity contribution in [3.8, 4) is 0 Å². The van der Waals surface area contributed by atoms with Crippen LogP contribution in [0.25, 0.3) is 0 Å². The smallest absolute Gasteiger partial charge is 0.306 e. The number of ether oxygens (including phenoxy) is 3. The van der Waals surface area contributed by atoms with E-state index in [1.807, 2.05) is 0 Å². The Hall–Kier alpha value is -1.85. The van der Waals surface area contributed by atoms with Crippen LogP contribution in [-0.4, -0.2) is 37.2 Å². The molecular weight excluding hydrogens is 925 g/mol. The van der Waals surface area contributed by atoms with Gasteiger partial charge in [0.25, 0.3) is 0 Å². The molecule has 0 heterocycles. The van der Waals surface area contributed by atoms with Crippen LogP contribution >= 0.6 is 0 Å². The number of carbonyl (C=O) groups excluding carboxylic acids is 3. The summed E-state index contributed by atoms with van der Waals surface area (Å²) in [6.45, 7) is 6.73. The molecule has 6 heteroatoms. The summed E-state index contributed by atoms with van der Waals surface area (Å²) in [5.74, 6) is -0.830. The first-order valence-electron chi connectivity index (χ1n) is 34.2. The van der Waals surface area contributed by atoms with Gasteiger partial charge in [0.1, 0.15) is 13.2 Å². The maximum Gasteiger partial charge on any atom is 0.306 e. The molecule has 0 amide bonds. The molecule has 0 aromatic heterocycles. The van der Waals surface area contributed by atoms with E-state index in [9.17, 15) is 14.4 Å². The molecule has 0 N–H and O–H groups in total. The predicted octanol–water partition coefficient (Wildman–Crippen LogP) is 23.2. The van der Waals surface area contributed by atoms with Crippen LogP contribution in [0.1, 0.15) is 393 Å². The molecule has 0 aromatic rings. The minimum Gasteiger partial charge on any atom is -0.462 e. The van der Waals surface area contributed by atoms with Gasteiger partial charge in [-0.15, -0.1) is 0 Å². The highest BCUT2D eigenvalue weighted by atomic mass is 16.6. The third kappa shape index (κ3) is 62.9. The molecule has 6 nitrogen and oxygen atoms in total. The summed E-state index contributed by atoms with van der Waals surface area (Å²) in [5, 5.41) is 0. The summed E-state index contributed by atoms with van der Waals surface area (Å²) < 4.78 is 17.0. The van der Waals surface area contributed by atoms with E-state index in [2.05, 4.69) is 32.9 Å². The Labute approximate surface area is 469 Å². The van der Waals surface area contributed by atoms with Crippen LogP contribution in [0, 0.1) is 0 Å². The molecule has 0 saturated heterocycles. The largest absolute Gasteiger partial charge is 0.462 e. The maximum atomic E-state index is 12.9. The van der Waals surface area contributed by atoms with E-state index in [-0.39, 0.29) is 31.1 Å². The van der Waals surface area contributed by atoms with Crippen LogP contribution in [-0.2, 0) is 28.6 Å². The third-order valence-electron chi connectivity index (χ3n) is 15.8. The van der Waals surface area contributed by atoms with Crippen molar-refractivity contribution < 1.29 is 28.6 Å². The number of allylic oxidation sites excluding steroid dienone is 2. The summed E-state index contributed by atoms with van der Waals surface area (Å²) in [7, 11) is 0. The van der Waals surface area contributed by atoms with Crippen molar-refractivity contribution in [2.24, 2.45) is 0 Å². The first kappa shape index (κ1) is 73.2. The molecule has 0 spiro atoms. The zero-order valence-electron chi connectivity index (χ0n) is 51.1. The Balaban J connectivity index is 4.29. The van der Waals surface area contributed by atoms with E-state index in [0.717, 1.165) is 57.8 Å². The fraction of sp³-hybridized carbons (Fsp3) is 0.928. The number of esters is 3. The summed E-state index contributed by atoms with van der Waals surface area (Å²) in [6, 6.07) is 0. The molecule has 444 valence electrons. The van der Waals surface area contributed by atoms with Gasteiger partial charge in [0.15, 0.2) is 6.10 Å². The van der Waals surface area contributed by atoms with E-state index in [1.165, 1.54) is 295 Å². The second-order valence-electron chi connectivity index (χ2n) is 23.5. The normalized spacial score (nSPS) is 12.0. The van der Waals surface area contributed by atoms with Crippen LogP contribution in [0.4, 0.5) is 0 Å². The average Bonchev–Trinajstić information content (AvgIpc) is 3.41. The van der Waals surface area contributed by atoms with Crippen LogP contribution in [0.3, 0.4) is 0 Å². The van der Waals surface area contributed by atoms with Crippen molar-refractivity contribution in [2.45, 2.75) is 399 Å². The number of unbranched alkanes of at least 4 members (excludes halogenated alkanes) is 51. The molecule has 75 heavy (non-hydrogen) atoms. The van der Waals surface area contributed by atoms with E-state index in [1.54, 1.807) is 0 Å². The lowest BCUT2D eigenvalue weighted by Gasteiger charge is -2.18. The van der Waals surface area contributed by atoms with Crippen molar-refractivity contribution in [3.63, 3.8) is 0 Å². The second-order valence-corrected chi connectivity index (χ2v) is 23.5. The van der Waals surface area contributed by atoms with Gasteiger partial charge in [0, 0.05) is 19.3 Å². The fourth-order valence-corrected chi connectivity index (χ4v) is 10.6. The standard InChI is InChI=1S/C69H132O6/c1-4-7-10-13-16-19-22-25-28-31-34-35-36-39-41-44-47-50-53-56-59-62-68(71)74-65-66(75-69(72)63-60-57-54-51-48-45-42-38-33-30-27-24-21-18-15-12-9-6-3)64-73-67(70)61-58-55-52-49-46-43-40-37-32-29-26-23-20-17-14-11-8-5-2/h31,34,66H,4-30,32-33,35-65H2,1-3H3/b34-31-. The highest BCUT2D eigenvalue weighted by Gasteiger charge is 2.19. The lowest BCUT2D eigenvalue weighted by Crippen LogP contribution is -2.30. The molecule has 0 aliphatic carbocycles. The van der Waals surface area contributed by atoms with E-state index < -0.39 is 6.10 Å². The van der Waals surface area contributed by atoms with Crippen LogP contribution in [0.2, 0.25) is 0 Å². The molecule has 0 radical (unpaired) electrons. The highest BCUT2D eigenvalue weighted by molar-refractivity contribution is 5.71. The molecular formula is C69H132O6. The SMILES string of the molecule is CCCCCCCCCC/C=C\CCCCCCCCCCCC(=O)OCC(COC(=O)CCCCCCCCCCCCCCCCCCCC)OC(=O)CCCCCCCCCCCCCCCCCCCC. The molecule has 0 bridgehead atoms. The summed E-state index contributed by atoms with van der Waals surface area (Å²) in [5.41, 5.74) is 0. The summed E-state index contributed by atoms with van der Waals surface area (Å²) >= 11 is 0. The Morgan fingerprint density at radius 2 is 0.440 bits per heavy atom. The quantitative estimate of drug-likeness (QED) is 0.0261. The topological polar surface area (TPSA) is 78.9 Å². The van der Waals surface area contributed by atoms with Gasteiger partial charge in [-0.2, -0.15) is 0 Å². The number of hydrogen-bond acceptors (Lipinski definition) is 6. The van der Waals surface area contributed by atoms with Gasteiger partial charge in [0.2, 0.25) is 0 Å². The van der Waals surface area contributed by atoms with E-state index in [4.69, 9.17) is 14.2 Å². The molecule has 1 atom stereocenters. The minimum absolute atomic E-state index is 0.0634. The predicted molar refractivity (Wildman–Crippen MR) is 326 cm³/mol. The molecule has 0 aliphatic heterocycles. The van der Waals surface area contributed by atoms with Crippen LogP contribution in [0.5, 0.6) is 0 Å². The lowest BCUT2D eigenvalue weighted by atomic mass is 10.0. The Morgan fingerprint density at radius 1 is 0.253 bits per heavy atom. The van der Waals surface area contributed by atoms with Crippen LogP contribution in [0.15, 0.2) is 12.2 Å². The van der Waals surface area contributed by atoms with Crippen LogP contribution < -0.4 is 0 Å².